The number of aromatic nitrogens is 1. The third-order valence-electron chi connectivity index (χ3n) is 5.55. The summed E-state index contributed by atoms with van der Waals surface area (Å²) in [5.74, 6) is 1.72. The molecule has 0 N–H and O–H groups in total. The summed E-state index contributed by atoms with van der Waals surface area (Å²) in [6.07, 6.45) is 7.59. The van der Waals surface area contributed by atoms with Gasteiger partial charge in [0.25, 0.3) is 0 Å². The number of nitrogens with zero attached hydrogens (tertiary/aromatic N) is 3. The van der Waals surface area contributed by atoms with Crippen LogP contribution in [0, 0.1) is 5.92 Å². The van der Waals surface area contributed by atoms with Gasteiger partial charge in [0, 0.05) is 38.6 Å². The second-order valence-electron chi connectivity index (χ2n) is 7.60. The zero-order valence-electron chi connectivity index (χ0n) is 16.8. The Morgan fingerprint density at radius 1 is 1.22 bits per heavy atom. The Hall–Kier alpha value is -1.91. The Balaban J connectivity index is 1.48. The molecule has 4 nitrogen and oxygen atoms in total. The van der Waals surface area contributed by atoms with E-state index >= 15 is 0 Å². The summed E-state index contributed by atoms with van der Waals surface area (Å²) in [4.78, 5) is 9.46. The zero-order valence-corrected chi connectivity index (χ0v) is 16.8. The van der Waals surface area contributed by atoms with E-state index in [2.05, 4.69) is 46.0 Å². The predicted molar refractivity (Wildman–Crippen MR) is 111 cm³/mol. The molecule has 0 spiro atoms. The Labute approximate surface area is 164 Å². The first-order chi connectivity index (χ1) is 13.3. The van der Waals surface area contributed by atoms with Gasteiger partial charge in [-0.05, 0) is 67.6 Å². The minimum absolute atomic E-state index is 0.765. The maximum atomic E-state index is 5.35. The molecule has 2 heterocycles. The normalized spacial score (nSPS) is 18.0. The van der Waals surface area contributed by atoms with Gasteiger partial charge in [0.2, 0.25) is 0 Å². The SMILES string of the molecule is CCN(Cc1cccnc1)C[C@H]1CCCN(CCc2cccc(OC)c2)C1. The lowest BCUT2D eigenvalue weighted by Crippen LogP contribution is -2.41. The lowest BCUT2D eigenvalue weighted by Gasteiger charge is -2.35. The van der Waals surface area contributed by atoms with E-state index in [0.29, 0.717) is 0 Å². The Morgan fingerprint density at radius 2 is 2.11 bits per heavy atom. The highest BCUT2D eigenvalue weighted by Gasteiger charge is 2.21. The molecule has 0 aliphatic carbocycles. The lowest BCUT2D eigenvalue weighted by molar-refractivity contribution is 0.133. The number of piperidine rings is 1. The van der Waals surface area contributed by atoms with Crippen molar-refractivity contribution in [2.45, 2.75) is 32.7 Å². The van der Waals surface area contributed by atoms with Crippen molar-refractivity contribution in [2.75, 3.05) is 39.8 Å². The molecule has 1 aliphatic rings. The average Bonchev–Trinajstić information content (AvgIpc) is 2.73. The van der Waals surface area contributed by atoms with Crippen LogP contribution in [0.5, 0.6) is 5.75 Å². The number of benzene rings is 1. The summed E-state index contributed by atoms with van der Waals surface area (Å²) in [6, 6.07) is 12.7. The standard InChI is InChI=1S/C23H33N3O/c1-3-25(17-21-8-5-12-24-16-21)18-22-9-6-13-26(19-22)14-11-20-7-4-10-23(15-20)27-2/h4-5,7-8,10,12,15-16,22H,3,6,9,11,13-14,17-19H2,1-2H3/t22-/m1/s1. The Kier molecular flexibility index (Phi) is 7.66. The number of likely N-dealkylation sites (tertiary alicyclic amines) is 1. The van der Waals surface area contributed by atoms with E-state index in [4.69, 9.17) is 4.74 Å². The van der Waals surface area contributed by atoms with Gasteiger partial charge in [-0.25, -0.2) is 0 Å². The second kappa shape index (κ2) is 10.4. The number of pyridine rings is 1. The Morgan fingerprint density at radius 3 is 2.89 bits per heavy atom. The van der Waals surface area contributed by atoms with Gasteiger partial charge in [0.15, 0.2) is 0 Å². The predicted octanol–water partition coefficient (Wildman–Crippen LogP) is 3.87. The third-order valence-corrected chi connectivity index (χ3v) is 5.55. The summed E-state index contributed by atoms with van der Waals surface area (Å²) < 4.78 is 5.35. The van der Waals surface area contributed by atoms with Gasteiger partial charge in [-0.3, -0.25) is 9.88 Å². The smallest absolute Gasteiger partial charge is 0.119 e. The van der Waals surface area contributed by atoms with Crippen molar-refractivity contribution in [3.63, 3.8) is 0 Å². The van der Waals surface area contributed by atoms with Gasteiger partial charge in [-0.15, -0.1) is 0 Å². The molecule has 1 aromatic heterocycles. The summed E-state index contributed by atoms with van der Waals surface area (Å²) in [7, 11) is 1.74. The fourth-order valence-electron chi connectivity index (χ4n) is 4.04. The van der Waals surface area contributed by atoms with E-state index in [1.165, 1.54) is 43.6 Å². The highest BCUT2D eigenvalue weighted by molar-refractivity contribution is 5.28. The molecular weight excluding hydrogens is 334 g/mol. The molecule has 27 heavy (non-hydrogen) atoms. The van der Waals surface area contributed by atoms with Crippen LogP contribution >= 0.6 is 0 Å². The lowest BCUT2D eigenvalue weighted by atomic mass is 9.96. The minimum atomic E-state index is 0.765. The van der Waals surface area contributed by atoms with Crippen LogP contribution in [0.15, 0.2) is 48.8 Å². The van der Waals surface area contributed by atoms with E-state index < -0.39 is 0 Å². The first-order valence-electron chi connectivity index (χ1n) is 10.2. The molecule has 146 valence electrons. The monoisotopic (exact) mass is 367 g/mol. The first kappa shape index (κ1) is 19.8. The average molecular weight is 368 g/mol. The van der Waals surface area contributed by atoms with Crippen LogP contribution in [0.2, 0.25) is 0 Å². The van der Waals surface area contributed by atoms with Gasteiger partial charge in [0.05, 0.1) is 7.11 Å². The van der Waals surface area contributed by atoms with E-state index in [1.807, 2.05) is 24.5 Å². The largest absolute Gasteiger partial charge is 0.497 e. The summed E-state index contributed by atoms with van der Waals surface area (Å²) in [5.41, 5.74) is 2.67. The number of hydrogen-bond donors (Lipinski definition) is 0. The van der Waals surface area contributed by atoms with Crippen molar-refractivity contribution >= 4 is 0 Å². The molecule has 0 radical (unpaired) electrons. The highest BCUT2D eigenvalue weighted by Crippen LogP contribution is 2.20. The van der Waals surface area contributed by atoms with Gasteiger partial charge in [-0.1, -0.05) is 25.1 Å². The van der Waals surface area contributed by atoms with Crippen LogP contribution in [-0.4, -0.2) is 54.6 Å². The van der Waals surface area contributed by atoms with Crippen LogP contribution in [0.4, 0.5) is 0 Å². The molecule has 1 aliphatic heterocycles. The first-order valence-corrected chi connectivity index (χ1v) is 10.2. The van der Waals surface area contributed by atoms with Crippen LogP contribution in [0.1, 0.15) is 30.9 Å². The molecule has 0 saturated carbocycles. The number of hydrogen-bond acceptors (Lipinski definition) is 4. The summed E-state index contributed by atoms with van der Waals surface area (Å²) in [5, 5.41) is 0. The van der Waals surface area contributed by atoms with Crippen LogP contribution in [-0.2, 0) is 13.0 Å². The van der Waals surface area contributed by atoms with Crippen molar-refractivity contribution in [1.82, 2.24) is 14.8 Å². The molecule has 1 atom stereocenters. The van der Waals surface area contributed by atoms with Crippen molar-refractivity contribution in [2.24, 2.45) is 5.92 Å². The summed E-state index contributed by atoms with van der Waals surface area (Å²) in [6.45, 7) is 9.13. The minimum Gasteiger partial charge on any atom is -0.497 e. The van der Waals surface area contributed by atoms with E-state index in [9.17, 15) is 0 Å². The maximum Gasteiger partial charge on any atom is 0.119 e. The molecule has 0 amide bonds. The van der Waals surface area contributed by atoms with Crippen molar-refractivity contribution in [1.29, 1.82) is 0 Å². The van der Waals surface area contributed by atoms with Crippen LogP contribution in [0.3, 0.4) is 0 Å². The fraction of sp³-hybridized carbons (Fsp3) is 0.522. The Bertz CT molecular complexity index is 676. The number of ether oxygens (including phenoxy) is 1. The third kappa shape index (κ3) is 6.33. The topological polar surface area (TPSA) is 28.6 Å². The van der Waals surface area contributed by atoms with E-state index in [1.54, 1.807) is 7.11 Å². The van der Waals surface area contributed by atoms with Gasteiger partial charge in [0.1, 0.15) is 5.75 Å². The number of rotatable bonds is 9. The maximum absolute atomic E-state index is 5.35. The van der Waals surface area contributed by atoms with Gasteiger partial charge < -0.3 is 9.64 Å². The van der Waals surface area contributed by atoms with Crippen molar-refractivity contribution in [3.8, 4) is 5.75 Å². The van der Waals surface area contributed by atoms with E-state index in [-0.39, 0.29) is 0 Å². The fourth-order valence-corrected chi connectivity index (χ4v) is 4.04. The molecular formula is C23H33N3O. The molecule has 3 rings (SSSR count). The van der Waals surface area contributed by atoms with Gasteiger partial charge in [-0.2, -0.15) is 0 Å². The quantitative estimate of drug-likeness (QED) is 0.673. The van der Waals surface area contributed by atoms with Crippen molar-refractivity contribution in [3.05, 3.63) is 59.9 Å². The van der Waals surface area contributed by atoms with Crippen molar-refractivity contribution < 1.29 is 4.74 Å². The molecule has 1 fully saturated rings. The summed E-state index contributed by atoms with van der Waals surface area (Å²) >= 11 is 0. The molecule has 2 aromatic rings. The number of methoxy groups -OCH3 is 1. The van der Waals surface area contributed by atoms with Crippen LogP contribution in [0.25, 0.3) is 0 Å². The molecule has 0 unspecified atom stereocenters. The molecule has 0 bridgehead atoms. The molecule has 1 saturated heterocycles. The zero-order chi connectivity index (χ0) is 18.9. The second-order valence-corrected chi connectivity index (χ2v) is 7.60. The molecule has 4 heteroatoms. The van der Waals surface area contributed by atoms with E-state index in [0.717, 1.165) is 37.7 Å². The van der Waals surface area contributed by atoms with Gasteiger partial charge >= 0.3 is 0 Å². The van der Waals surface area contributed by atoms with Crippen LogP contribution < -0.4 is 4.74 Å². The highest BCUT2D eigenvalue weighted by atomic mass is 16.5. The molecule has 1 aromatic carbocycles.